The largest absolute Gasteiger partial charge is 0.361 e. The number of rotatable bonds is 8. The molecule has 2 N–H and O–H groups in total. The Balaban J connectivity index is 1.93. The molecule has 1 aliphatic carbocycles. The van der Waals surface area contributed by atoms with Gasteiger partial charge in [0.15, 0.2) is 5.96 Å². The van der Waals surface area contributed by atoms with Gasteiger partial charge in [-0.25, -0.2) is 4.99 Å². The lowest BCUT2D eigenvalue weighted by molar-refractivity contribution is 0.380. The van der Waals surface area contributed by atoms with Crippen molar-refractivity contribution in [3.05, 3.63) is 28.7 Å². The Morgan fingerprint density at radius 2 is 2.13 bits per heavy atom. The summed E-state index contributed by atoms with van der Waals surface area (Å²) < 4.78 is 5.41. The van der Waals surface area contributed by atoms with E-state index in [1.54, 1.807) is 5.57 Å². The number of allylic oxidation sites excluding steroid dienone is 1. The molecule has 0 spiro atoms. The Kier molecular flexibility index (Phi) is 7.17. The minimum atomic E-state index is 0.619. The molecule has 23 heavy (non-hydrogen) atoms. The molecule has 0 fully saturated rings. The monoisotopic (exact) mass is 318 g/mol. The molecule has 0 saturated carbocycles. The number of guanidine groups is 1. The summed E-state index contributed by atoms with van der Waals surface area (Å²) >= 11 is 0. The summed E-state index contributed by atoms with van der Waals surface area (Å²) in [7, 11) is 0. The van der Waals surface area contributed by atoms with E-state index in [0.717, 1.165) is 55.3 Å². The van der Waals surface area contributed by atoms with Crippen molar-refractivity contribution < 1.29 is 4.52 Å². The van der Waals surface area contributed by atoms with Crippen molar-refractivity contribution in [2.24, 2.45) is 4.99 Å². The molecule has 0 amide bonds. The van der Waals surface area contributed by atoms with Crippen LogP contribution in [-0.2, 0) is 19.4 Å². The fourth-order valence-electron chi connectivity index (χ4n) is 2.92. The number of hydrogen-bond donors (Lipinski definition) is 2. The average molecular weight is 318 g/mol. The topological polar surface area (TPSA) is 62.5 Å². The van der Waals surface area contributed by atoms with Crippen LogP contribution >= 0.6 is 0 Å². The molecule has 0 bridgehead atoms. The Hall–Kier alpha value is -1.78. The fraction of sp³-hybridized carbons (Fsp3) is 0.667. The van der Waals surface area contributed by atoms with E-state index in [9.17, 15) is 0 Å². The smallest absolute Gasteiger partial charge is 0.191 e. The lowest BCUT2D eigenvalue weighted by Gasteiger charge is -2.11. The van der Waals surface area contributed by atoms with E-state index in [-0.39, 0.29) is 0 Å². The lowest BCUT2D eigenvalue weighted by Crippen LogP contribution is -2.37. The van der Waals surface area contributed by atoms with Gasteiger partial charge in [-0.05, 0) is 39.0 Å². The van der Waals surface area contributed by atoms with Crippen LogP contribution < -0.4 is 10.6 Å². The van der Waals surface area contributed by atoms with Crippen molar-refractivity contribution in [1.29, 1.82) is 0 Å². The van der Waals surface area contributed by atoms with Gasteiger partial charge in [0.2, 0.25) is 0 Å². The predicted molar refractivity (Wildman–Crippen MR) is 94.6 cm³/mol. The number of hydrogen-bond acceptors (Lipinski definition) is 3. The second-order valence-corrected chi connectivity index (χ2v) is 5.86. The first-order valence-corrected chi connectivity index (χ1v) is 8.94. The Morgan fingerprint density at radius 1 is 1.26 bits per heavy atom. The molecular formula is C18H30N4O. The maximum atomic E-state index is 5.41. The molecule has 0 saturated heterocycles. The SMILES string of the molecule is CCNC(=NCc1c(CC)noc1CC)NCCC1=CCCC1. The van der Waals surface area contributed by atoms with Crippen LogP contribution in [0.3, 0.4) is 0 Å². The molecule has 0 unspecified atom stereocenters. The minimum absolute atomic E-state index is 0.619. The molecule has 128 valence electrons. The van der Waals surface area contributed by atoms with Crippen LogP contribution in [-0.4, -0.2) is 24.2 Å². The molecule has 5 nitrogen and oxygen atoms in total. The van der Waals surface area contributed by atoms with Crippen LogP contribution in [0, 0.1) is 0 Å². The van der Waals surface area contributed by atoms with E-state index in [4.69, 9.17) is 9.52 Å². The molecule has 1 aromatic rings. The summed E-state index contributed by atoms with van der Waals surface area (Å²) in [6.07, 6.45) is 9.05. The van der Waals surface area contributed by atoms with Crippen molar-refractivity contribution in [2.75, 3.05) is 13.1 Å². The second-order valence-electron chi connectivity index (χ2n) is 5.86. The molecular weight excluding hydrogens is 288 g/mol. The molecule has 0 radical (unpaired) electrons. The van der Waals surface area contributed by atoms with Gasteiger partial charge in [0.25, 0.3) is 0 Å². The van der Waals surface area contributed by atoms with Crippen molar-refractivity contribution in [2.45, 2.75) is 65.8 Å². The first-order valence-electron chi connectivity index (χ1n) is 8.94. The van der Waals surface area contributed by atoms with Gasteiger partial charge in [-0.1, -0.05) is 30.7 Å². The fourth-order valence-corrected chi connectivity index (χ4v) is 2.92. The molecule has 5 heteroatoms. The van der Waals surface area contributed by atoms with E-state index in [1.165, 1.54) is 19.3 Å². The normalized spacial score (nSPS) is 14.9. The van der Waals surface area contributed by atoms with Crippen LogP contribution in [0.5, 0.6) is 0 Å². The van der Waals surface area contributed by atoms with E-state index >= 15 is 0 Å². The highest BCUT2D eigenvalue weighted by Crippen LogP contribution is 2.20. The summed E-state index contributed by atoms with van der Waals surface area (Å²) in [6.45, 7) is 8.69. The van der Waals surface area contributed by atoms with Crippen LogP contribution in [0.25, 0.3) is 0 Å². The van der Waals surface area contributed by atoms with Crippen molar-refractivity contribution in [1.82, 2.24) is 15.8 Å². The van der Waals surface area contributed by atoms with Gasteiger partial charge >= 0.3 is 0 Å². The number of aryl methyl sites for hydroxylation is 2. The third kappa shape index (κ3) is 5.12. The lowest BCUT2D eigenvalue weighted by atomic mass is 10.1. The zero-order chi connectivity index (χ0) is 16.5. The standard InChI is InChI=1S/C18H30N4O/c1-4-16-15(17(5-2)23-22-16)13-21-18(19-6-3)20-12-11-14-9-7-8-10-14/h9H,4-8,10-13H2,1-3H3,(H2,19,20,21). The highest BCUT2D eigenvalue weighted by Gasteiger charge is 2.13. The number of aliphatic imine (C=N–C) groups is 1. The molecule has 1 heterocycles. The number of aromatic nitrogens is 1. The van der Waals surface area contributed by atoms with Gasteiger partial charge in [0, 0.05) is 25.1 Å². The van der Waals surface area contributed by atoms with Gasteiger partial charge in [0.05, 0.1) is 12.2 Å². The summed E-state index contributed by atoms with van der Waals surface area (Å²) in [6, 6.07) is 0. The molecule has 0 aromatic carbocycles. The van der Waals surface area contributed by atoms with Crippen molar-refractivity contribution in [3.8, 4) is 0 Å². The minimum Gasteiger partial charge on any atom is -0.361 e. The Morgan fingerprint density at radius 3 is 2.78 bits per heavy atom. The summed E-state index contributed by atoms with van der Waals surface area (Å²) in [5, 5.41) is 10.9. The third-order valence-corrected chi connectivity index (χ3v) is 4.22. The number of nitrogens with one attached hydrogen (secondary N) is 2. The van der Waals surface area contributed by atoms with Crippen molar-refractivity contribution in [3.63, 3.8) is 0 Å². The van der Waals surface area contributed by atoms with Crippen LogP contribution in [0.1, 0.15) is 63.5 Å². The summed E-state index contributed by atoms with van der Waals surface area (Å²) in [4.78, 5) is 4.71. The highest BCUT2D eigenvalue weighted by molar-refractivity contribution is 5.79. The maximum absolute atomic E-state index is 5.41. The van der Waals surface area contributed by atoms with Crippen LogP contribution in [0.4, 0.5) is 0 Å². The van der Waals surface area contributed by atoms with Gasteiger partial charge < -0.3 is 15.2 Å². The van der Waals surface area contributed by atoms with Crippen LogP contribution in [0.2, 0.25) is 0 Å². The molecule has 1 aliphatic rings. The Bertz CT molecular complexity index is 524. The van der Waals surface area contributed by atoms with Gasteiger partial charge in [-0.3, -0.25) is 0 Å². The van der Waals surface area contributed by atoms with Gasteiger partial charge in [-0.15, -0.1) is 0 Å². The first kappa shape index (κ1) is 17.6. The zero-order valence-corrected chi connectivity index (χ0v) is 14.7. The van der Waals surface area contributed by atoms with Gasteiger partial charge in [0.1, 0.15) is 5.76 Å². The maximum Gasteiger partial charge on any atom is 0.191 e. The van der Waals surface area contributed by atoms with E-state index < -0.39 is 0 Å². The predicted octanol–water partition coefficient (Wildman–Crippen LogP) is 3.35. The third-order valence-electron chi connectivity index (χ3n) is 4.22. The quantitative estimate of drug-likeness (QED) is 0.438. The number of nitrogens with zero attached hydrogens (tertiary/aromatic N) is 2. The van der Waals surface area contributed by atoms with Gasteiger partial charge in [-0.2, -0.15) is 0 Å². The van der Waals surface area contributed by atoms with E-state index in [2.05, 4.69) is 42.6 Å². The van der Waals surface area contributed by atoms with Crippen LogP contribution in [0.15, 0.2) is 21.2 Å². The van der Waals surface area contributed by atoms with E-state index in [1.807, 2.05) is 0 Å². The highest BCUT2D eigenvalue weighted by atomic mass is 16.5. The summed E-state index contributed by atoms with van der Waals surface area (Å²) in [5.74, 6) is 1.83. The molecule has 0 atom stereocenters. The Labute approximate surface area is 139 Å². The molecule has 1 aromatic heterocycles. The zero-order valence-electron chi connectivity index (χ0n) is 14.7. The first-order chi connectivity index (χ1) is 11.3. The average Bonchev–Trinajstić information content (AvgIpc) is 3.21. The second kappa shape index (κ2) is 9.38. The van der Waals surface area contributed by atoms with E-state index in [0.29, 0.717) is 6.54 Å². The van der Waals surface area contributed by atoms with Crippen molar-refractivity contribution >= 4 is 5.96 Å². The molecule has 2 rings (SSSR count). The summed E-state index contributed by atoms with van der Waals surface area (Å²) in [5.41, 5.74) is 3.75. The molecule has 0 aliphatic heterocycles.